The van der Waals surface area contributed by atoms with E-state index in [2.05, 4.69) is 25.8 Å². The Hall–Kier alpha value is -2.12. The highest BCUT2D eigenvalue weighted by molar-refractivity contribution is 6.20. The van der Waals surface area contributed by atoms with Gasteiger partial charge in [0.2, 0.25) is 0 Å². The van der Waals surface area contributed by atoms with Gasteiger partial charge in [-0.05, 0) is 42.7 Å². The first-order valence-electron chi connectivity index (χ1n) is 9.83. The molecule has 0 spiro atoms. The highest BCUT2D eigenvalue weighted by Crippen LogP contribution is 2.38. The van der Waals surface area contributed by atoms with E-state index in [0.717, 1.165) is 42.5 Å². The predicted octanol–water partition coefficient (Wildman–Crippen LogP) is 4.72. The highest BCUT2D eigenvalue weighted by Gasteiger charge is 2.50. The smallest absolute Gasteiger partial charge is 0.312 e. The van der Waals surface area contributed by atoms with Crippen LogP contribution in [0.15, 0.2) is 18.3 Å². The van der Waals surface area contributed by atoms with E-state index in [1.807, 2.05) is 0 Å². The van der Waals surface area contributed by atoms with Crippen molar-refractivity contribution in [2.45, 2.75) is 58.7 Å². The fourth-order valence-electron chi connectivity index (χ4n) is 4.38. The highest BCUT2D eigenvalue weighted by atomic mass is 19.4. The SMILES string of the molecule is CCCC(C)C(C)C1CCC2C(=O)N(c3cc(C(F)(F)F)ccn3)C(=O)N2C1. The van der Waals surface area contributed by atoms with Gasteiger partial charge in [0.1, 0.15) is 11.9 Å². The predicted molar refractivity (Wildman–Crippen MR) is 98.6 cm³/mol. The summed E-state index contributed by atoms with van der Waals surface area (Å²) in [5.74, 6) is 0.461. The normalized spacial score (nSPS) is 25.1. The summed E-state index contributed by atoms with van der Waals surface area (Å²) in [6.45, 7) is 6.98. The van der Waals surface area contributed by atoms with Crippen LogP contribution in [-0.2, 0) is 11.0 Å². The lowest BCUT2D eigenvalue weighted by Gasteiger charge is -2.38. The second-order valence-electron chi connectivity index (χ2n) is 7.99. The lowest BCUT2D eigenvalue weighted by molar-refractivity contribution is -0.137. The Labute approximate surface area is 162 Å². The molecule has 1 aromatic heterocycles. The number of rotatable bonds is 5. The van der Waals surface area contributed by atoms with Crippen molar-refractivity contribution in [2.75, 3.05) is 11.4 Å². The number of hydrogen-bond donors (Lipinski definition) is 0. The Morgan fingerprint density at radius 3 is 2.61 bits per heavy atom. The Balaban J connectivity index is 1.81. The molecule has 0 N–H and O–H groups in total. The number of amides is 3. The first-order valence-corrected chi connectivity index (χ1v) is 9.83. The van der Waals surface area contributed by atoms with Gasteiger partial charge in [0, 0.05) is 12.7 Å². The molecule has 0 radical (unpaired) electrons. The summed E-state index contributed by atoms with van der Waals surface area (Å²) in [4.78, 5) is 31.8. The summed E-state index contributed by atoms with van der Waals surface area (Å²) in [6.07, 6.45) is -0.0157. The number of piperidine rings is 1. The van der Waals surface area contributed by atoms with Crippen LogP contribution in [0.5, 0.6) is 0 Å². The largest absolute Gasteiger partial charge is 0.416 e. The summed E-state index contributed by atoms with van der Waals surface area (Å²) in [6, 6.07) is 0.419. The standard InChI is InChI=1S/C20H26F3N3O2/c1-4-5-12(2)13(3)14-6-7-16-18(27)26(19(28)25(16)11-14)17-10-15(8-9-24-17)20(21,22)23/h8-10,12-14,16H,4-7,11H2,1-3H3. The van der Waals surface area contributed by atoms with Crippen LogP contribution < -0.4 is 4.90 Å². The van der Waals surface area contributed by atoms with Gasteiger partial charge in [0.05, 0.1) is 5.56 Å². The van der Waals surface area contributed by atoms with Gasteiger partial charge in [-0.2, -0.15) is 13.2 Å². The fourth-order valence-corrected chi connectivity index (χ4v) is 4.38. The van der Waals surface area contributed by atoms with Crippen LogP contribution in [0.2, 0.25) is 0 Å². The molecule has 8 heteroatoms. The fraction of sp³-hybridized carbons (Fsp3) is 0.650. The van der Waals surface area contributed by atoms with Gasteiger partial charge in [0.15, 0.2) is 0 Å². The van der Waals surface area contributed by atoms with E-state index in [1.165, 1.54) is 4.90 Å². The van der Waals surface area contributed by atoms with Crippen molar-refractivity contribution in [3.8, 4) is 0 Å². The second kappa shape index (κ2) is 7.72. The number of halogens is 3. The summed E-state index contributed by atoms with van der Waals surface area (Å²) in [5, 5.41) is 0. The van der Waals surface area contributed by atoms with Crippen molar-refractivity contribution in [1.29, 1.82) is 0 Å². The van der Waals surface area contributed by atoms with E-state index in [1.54, 1.807) is 0 Å². The third-order valence-corrected chi connectivity index (χ3v) is 6.25. The number of fused-ring (bicyclic) bond motifs is 1. The number of alkyl halides is 3. The molecule has 2 aliphatic heterocycles. The number of carbonyl (C=O) groups excluding carboxylic acids is 2. The van der Waals surface area contributed by atoms with E-state index < -0.39 is 29.7 Å². The van der Waals surface area contributed by atoms with Gasteiger partial charge >= 0.3 is 12.2 Å². The summed E-state index contributed by atoms with van der Waals surface area (Å²) in [5.41, 5.74) is -0.928. The lowest BCUT2D eigenvalue weighted by atomic mass is 9.77. The van der Waals surface area contributed by atoms with E-state index >= 15 is 0 Å². The topological polar surface area (TPSA) is 53.5 Å². The van der Waals surface area contributed by atoms with Crippen molar-refractivity contribution in [3.63, 3.8) is 0 Å². The number of hydrogen-bond acceptors (Lipinski definition) is 3. The van der Waals surface area contributed by atoms with Crippen molar-refractivity contribution in [1.82, 2.24) is 9.88 Å². The van der Waals surface area contributed by atoms with Crippen molar-refractivity contribution in [3.05, 3.63) is 23.9 Å². The summed E-state index contributed by atoms with van der Waals surface area (Å²) >= 11 is 0. The van der Waals surface area contributed by atoms with Crippen LogP contribution in [0.1, 0.15) is 52.0 Å². The molecule has 4 atom stereocenters. The zero-order valence-corrected chi connectivity index (χ0v) is 16.4. The quantitative estimate of drug-likeness (QED) is 0.676. The monoisotopic (exact) mass is 397 g/mol. The number of aromatic nitrogens is 1. The lowest BCUT2D eigenvalue weighted by Crippen LogP contribution is -2.45. The number of imide groups is 1. The minimum Gasteiger partial charge on any atom is -0.312 e. The maximum Gasteiger partial charge on any atom is 0.416 e. The maximum atomic E-state index is 13.0. The molecule has 3 rings (SSSR count). The molecule has 5 nitrogen and oxygen atoms in total. The van der Waals surface area contributed by atoms with Crippen LogP contribution >= 0.6 is 0 Å². The van der Waals surface area contributed by atoms with Gasteiger partial charge in [-0.25, -0.2) is 14.7 Å². The first-order chi connectivity index (χ1) is 13.1. The molecule has 0 bridgehead atoms. The third-order valence-electron chi connectivity index (χ3n) is 6.25. The number of pyridine rings is 1. The van der Waals surface area contributed by atoms with Crippen LogP contribution in [0.4, 0.5) is 23.8 Å². The first kappa shape index (κ1) is 20.6. The third kappa shape index (κ3) is 3.73. The number of urea groups is 1. The zero-order valence-electron chi connectivity index (χ0n) is 16.4. The zero-order chi connectivity index (χ0) is 20.6. The molecule has 0 aliphatic carbocycles. The molecule has 2 aliphatic rings. The van der Waals surface area contributed by atoms with Gasteiger partial charge < -0.3 is 4.90 Å². The van der Waals surface area contributed by atoms with Crippen LogP contribution in [-0.4, -0.2) is 34.4 Å². The van der Waals surface area contributed by atoms with Gasteiger partial charge in [-0.1, -0.05) is 33.6 Å². The van der Waals surface area contributed by atoms with Gasteiger partial charge in [-0.15, -0.1) is 0 Å². The maximum absolute atomic E-state index is 13.0. The Morgan fingerprint density at radius 1 is 1.25 bits per heavy atom. The number of nitrogens with zero attached hydrogens (tertiary/aromatic N) is 3. The minimum absolute atomic E-state index is 0.261. The Kier molecular flexibility index (Phi) is 5.68. The minimum atomic E-state index is -4.56. The van der Waals surface area contributed by atoms with Crippen LogP contribution in [0.25, 0.3) is 0 Å². The summed E-state index contributed by atoms with van der Waals surface area (Å²) in [7, 11) is 0. The molecule has 2 saturated heterocycles. The Morgan fingerprint density at radius 2 is 1.96 bits per heavy atom. The van der Waals surface area contributed by atoms with Crippen LogP contribution in [0, 0.1) is 17.8 Å². The van der Waals surface area contributed by atoms with Crippen molar-refractivity contribution in [2.24, 2.45) is 17.8 Å². The molecular weight excluding hydrogens is 371 g/mol. The Bertz CT molecular complexity index is 752. The molecule has 2 fully saturated rings. The molecule has 4 unspecified atom stereocenters. The van der Waals surface area contributed by atoms with E-state index in [4.69, 9.17) is 0 Å². The molecular formula is C20H26F3N3O2. The average molecular weight is 397 g/mol. The van der Waals surface area contributed by atoms with Gasteiger partial charge in [-0.3, -0.25) is 4.79 Å². The molecule has 1 aromatic rings. The van der Waals surface area contributed by atoms with Gasteiger partial charge in [0.25, 0.3) is 5.91 Å². The van der Waals surface area contributed by atoms with Crippen LogP contribution in [0.3, 0.4) is 0 Å². The van der Waals surface area contributed by atoms with Crippen molar-refractivity contribution >= 4 is 17.8 Å². The molecule has 0 aromatic carbocycles. The average Bonchev–Trinajstić information content (AvgIpc) is 2.91. The van der Waals surface area contributed by atoms with E-state index in [-0.39, 0.29) is 11.7 Å². The number of anilines is 1. The van der Waals surface area contributed by atoms with E-state index in [0.29, 0.717) is 24.8 Å². The number of carbonyl (C=O) groups is 2. The molecule has 154 valence electrons. The summed E-state index contributed by atoms with van der Waals surface area (Å²) < 4.78 is 39.0. The molecule has 3 heterocycles. The molecule has 28 heavy (non-hydrogen) atoms. The molecule has 0 saturated carbocycles. The second-order valence-corrected chi connectivity index (χ2v) is 7.99. The van der Waals surface area contributed by atoms with E-state index in [9.17, 15) is 22.8 Å². The molecule has 3 amide bonds. The van der Waals surface area contributed by atoms with Crippen molar-refractivity contribution < 1.29 is 22.8 Å².